The molecule has 1 aliphatic rings. The molecule has 0 bridgehead atoms. The summed E-state index contributed by atoms with van der Waals surface area (Å²) in [4.78, 5) is 29.7. The van der Waals surface area contributed by atoms with Crippen molar-refractivity contribution in [2.75, 3.05) is 24.7 Å². The topological polar surface area (TPSA) is 98.6 Å². The van der Waals surface area contributed by atoms with Crippen LogP contribution in [0.4, 0.5) is 5.69 Å². The molecule has 5 rings (SSSR count). The van der Waals surface area contributed by atoms with Crippen molar-refractivity contribution in [2.24, 2.45) is 0 Å². The molecule has 2 atom stereocenters. The van der Waals surface area contributed by atoms with Crippen LogP contribution in [0.15, 0.2) is 72.8 Å². The Kier molecular flexibility index (Phi) is 8.17. The minimum absolute atomic E-state index is 0.0287. The van der Waals surface area contributed by atoms with Gasteiger partial charge in [0, 0.05) is 18.8 Å². The molecule has 1 aliphatic heterocycles. The van der Waals surface area contributed by atoms with Crippen molar-refractivity contribution in [3.8, 4) is 5.75 Å². The predicted molar refractivity (Wildman–Crippen MR) is 149 cm³/mol. The standard InChI is InChI=1S/C30H33N5O4/c1-3-38-23-16-14-22(15-17-23)29(30(37)31-19-24-10-8-18-39-24)35(26-12-6-4-9-21(26)2)28(36)20-34-27-13-7-5-11-25(27)32-33-34/h4-7,9,11-17,24,29H,3,8,10,18-20H2,1-2H3,(H,31,37)/t24-,29+/m1/s1. The molecule has 0 spiro atoms. The maximum Gasteiger partial charge on any atom is 0.249 e. The number of para-hydroxylation sites is 2. The van der Waals surface area contributed by atoms with Crippen molar-refractivity contribution in [1.82, 2.24) is 20.3 Å². The summed E-state index contributed by atoms with van der Waals surface area (Å²) in [5, 5.41) is 11.5. The van der Waals surface area contributed by atoms with Crippen LogP contribution in [0.5, 0.6) is 5.75 Å². The maximum atomic E-state index is 14.2. The number of nitrogens with one attached hydrogen (secondary N) is 1. The largest absolute Gasteiger partial charge is 0.494 e. The molecule has 1 aromatic heterocycles. The first-order valence-electron chi connectivity index (χ1n) is 13.3. The molecular weight excluding hydrogens is 494 g/mol. The highest BCUT2D eigenvalue weighted by molar-refractivity contribution is 6.02. The van der Waals surface area contributed by atoms with E-state index in [1.165, 1.54) is 0 Å². The SMILES string of the molecule is CCOc1ccc([C@@H](C(=O)NC[C@H]2CCCO2)N(C(=O)Cn2nnc3ccccc32)c2ccccc2C)cc1. The molecule has 39 heavy (non-hydrogen) atoms. The van der Waals surface area contributed by atoms with Gasteiger partial charge >= 0.3 is 0 Å². The van der Waals surface area contributed by atoms with Crippen LogP contribution in [0.1, 0.15) is 36.9 Å². The Balaban J connectivity index is 1.54. The maximum absolute atomic E-state index is 14.2. The molecule has 3 aromatic carbocycles. The molecule has 1 N–H and O–H groups in total. The average molecular weight is 528 g/mol. The molecule has 0 radical (unpaired) electrons. The molecule has 0 unspecified atom stereocenters. The Morgan fingerprint density at radius 3 is 2.62 bits per heavy atom. The van der Waals surface area contributed by atoms with E-state index >= 15 is 0 Å². The van der Waals surface area contributed by atoms with E-state index in [0.29, 0.717) is 42.3 Å². The fraction of sp³-hybridized carbons (Fsp3) is 0.333. The number of ether oxygens (including phenoxy) is 2. The summed E-state index contributed by atoms with van der Waals surface area (Å²) in [5.74, 6) is 0.128. The zero-order valence-corrected chi connectivity index (χ0v) is 22.2. The lowest BCUT2D eigenvalue weighted by Crippen LogP contribution is -2.47. The van der Waals surface area contributed by atoms with Gasteiger partial charge in [-0.2, -0.15) is 0 Å². The third-order valence-electron chi connectivity index (χ3n) is 6.89. The number of nitrogens with zero attached hydrogens (tertiary/aromatic N) is 4. The van der Waals surface area contributed by atoms with E-state index in [1.807, 2.05) is 86.6 Å². The summed E-state index contributed by atoms with van der Waals surface area (Å²) in [6.45, 7) is 5.38. The molecule has 202 valence electrons. The second-order valence-corrected chi connectivity index (χ2v) is 9.57. The summed E-state index contributed by atoms with van der Waals surface area (Å²) in [5.41, 5.74) is 3.64. The molecule has 2 amide bonds. The van der Waals surface area contributed by atoms with Crippen LogP contribution < -0.4 is 15.0 Å². The van der Waals surface area contributed by atoms with Gasteiger partial charge in [-0.25, -0.2) is 4.68 Å². The fourth-order valence-corrected chi connectivity index (χ4v) is 4.94. The minimum atomic E-state index is -0.925. The highest BCUT2D eigenvalue weighted by Crippen LogP contribution is 2.32. The summed E-state index contributed by atoms with van der Waals surface area (Å²) in [6, 6.07) is 21.5. The van der Waals surface area contributed by atoms with E-state index in [4.69, 9.17) is 9.47 Å². The lowest BCUT2D eigenvalue weighted by molar-refractivity contribution is -0.127. The first kappa shape index (κ1) is 26.4. The van der Waals surface area contributed by atoms with E-state index in [-0.39, 0.29) is 24.5 Å². The van der Waals surface area contributed by atoms with Gasteiger partial charge in [0.1, 0.15) is 23.9 Å². The molecular formula is C30H33N5O4. The van der Waals surface area contributed by atoms with Gasteiger partial charge in [0.15, 0.2) is 0 Å². The molecule has 0 saturated carbocycles. The average Bonchev–Trinajstić information content (AvgIpc) is 3.62. The first-order valence-corrected chi connectivity index (χ1v) is 13.3. The van der Waals surface area contributed by atoms with E-state index in [2.05, 4.69) is 15.6 Å². The normalized spacial score (nSPS) is 15.7. The monoisotopic (exact) mass is 527 g/mol. The highest BCUT2D eigenvalue weighted by atomic mass is 16.5. The number of hydrogen-bond donors (Lipinski definition) is 1. The van der Waals surface area contributed by atoms with Gasteiger partial charge in [-0.15, -0.1) is 5.10 Å². The fourth-order valence-electron chi connectivity index (χ4n) is 4.94. The number of aryl methyl sites for hydroxylation is 1. The number of carbonyl (C=O) groups is 2. The van der Waals surface area contributed by atoms with Gasteiger partial charge in [0.2, 0.25) is 11.8 Å². The Morgan fingerprint density at radius 1 is 1.10 bits per heavy atom. The minimum Gasteiger partial charge on any atom is -0.494 e. The van der Waals surface area contributed by atoms with Crippen molar-refractivity contribution in [1.29, 1.82) is 0 Å². The molecule has 1 fully saturated rings. The lowest BCUT2D eigenvalue weighted by Gasteiger charge is -2.33. The second kappa shape index (κ2) is 12.1. The molecule has 1 saturated heterocycles. The second-order valence-electron chi connectivity index (χ2n) is 9.57. The highest BCUT2D eigenvalue weighted by Gasteiger charge is 2.34. The van der Waals surface area contributed by atoms with Gasteiger partial charge in [-0.05, 0) is 68.1 Å². The zero-order valence-electron chi connectivity index (χ0n) is 22.2. The lowest BCUT2D eigenvalue weighted by atomic mass is 10.0. The molecule has 4 aromatic rings. The van der Waals surface area contributed by atoms with Gasteiger partial charge in [-0.1, -0.05) is 47.7 Å². The quantitative estimate of drug-likeness (QED) is 0.332. The van der Waals surface area contributed by atoms with Crippen molar-refractivity contribution >= 4 is 28.5 Å². The smallest absolute Gasteiger partial charge is 0.249 e. The van der Waals surface area contributed by atoms with E-state index < -0.39 is 6.04 Å². The molecule has 2 heterocycles. The number of benzene rings is 3. The van der Waals surface area contributed by atoms with Crippen LogP contribution in [0, 0.1) is 6.92 Å². The number of hydrogen-bond acceptors (Lipinski definition) is 6. The van der Waals surface area contributed by atoms with Crippen molar-refractivity contribution < 1.29 is 19.1 Å². The Hall–Kier alpha value is -4.24. The van der Waals surface area contributed by atoms with E-state index in [1.54, 1.807) is 9.58 Å². The number of amides is 2. The molecule has 9 nitrogen and oxygen atoms in total. The van der Waals surface area contributed by atoms with Gasteiger partial charge < -0.3 is 14.8 Å². The Bertz CT molecular complexity index is 1430. The van der Waals surface area contributed by atoms with Crippen LogP contribution in [0.2, 0.25) is 0 Å². The summed E-state index contributed by atoms with van der Waals surface area (Å²) in [7, 11) is 0. The number of aromatic nitrogens is 3. The Morgan fingerprint density at radius 2 is 1.87 bits per heavy atom. The van der Waals surface area contributed by atoms with Crippen molar-refractivity contribution in [3.05, 3.63) is 83.9 Å². The van der Waals surface area contributed by atoms with E-state index in [9.17, 15) is 9.59 Å². The van der Waals surface area contributed by atoms with Crippen molar-refractivity contribution in [3.63, 3.8) is 0 Å². The number of rotatable bonds is 10. The number of fused-ring (bicyclic) bond motifs is 1. The van der Waals surface area contributed by atoms with Gasteiger partial charge in [0.05, 0.1) is 18.2 Å². The zero-order chi connectivity index (χ0) is 27.2. The summed E-state index contributed by atoms with van der Waals surface area (Å²) >= 11 is 0. The van der Waals surface area contributed by atoms with Crippen LogP contribution in [-0.2, 0) is 20.9 Å². The van der Waals surface area contributed by atoms with Gasteiger partial charge in [-0.3, -0.25) is 14.5 Å². The number of anilines is 1. The van der Waals surface area contributed by atoms with Gasteiger partial charge in [0.25, 0.3) is 0 Å². The third kappa shape index (κ3) is 5.93. The van der Waals surface area contributed by atoms with Crippen LogP contribution in [-0.4, -0.2) is 52.7 Å². The molecule has 0 aliphatic carbocycles. The summed E-state index contributed by atoms with van der Waals surface area (Å²) < 4.78 is 12.9. The molecule has 9 heteroatoms. The van der Waals surface area contributed by atoms with Crippen LogP contribution in [0.3, 0.4) is 0 Å². The predicted octanol–water partition coefficient (Wildman–Crippen LogP) is 4.21. The first-order chi connectivity index (χ1) is 19.0. The van der Waals surface area contributed by atoms with Crippen LogP contribution >= 0.6 is 0 Å². The van der Waals surface area contributed by atoms with Crippen molar-refractivity contribution in [2.45, 2.75) is 45.4 Å². The number of carbonyl (C=O) groups excluding carboxylic acids is 2. The summed E-state index contributed by atoms with van der Waals surface area (Å²) in [6.07, 6.45) is 1.84. The van der Waals surface area contributed by atoms with Crippen LogP contribution in [0.25, 0.3) is 11.0 Å². The van der Waals surface area contributed by atoms with E-state index in [0.717, 1.165) is 23.9 Å². The third-order valence-corrected chi connectivity index (χ3v) is 6.89. The Labute approximate surface area is 227 Å².